The highest BCUT2D eigenvalue weighted by atomic mass is 16.3. The van der Waals surface area contributed by atoms with Gasteiger partial charge in [-0.3, -0.25) is 24.5 Å². The standard InChI is InChI=1S/C21H28N4O3.CH2O2/c1-14-6-9-25(13-14)21(28)15-7-10-24(11-8-15)18-4-2-16(12-22-18)17-3-5-19(26)23-20(17)27;2-1-3/h2,4,12,14-15,17H,3,5-11,13H2,1H3,(H,23,26,27);1H,(H,2,3). The van der Waals surface area contributed by atoms with E-state index in [-0.39, 0.29) is 30.1 Å². The van der Waals surface area contributed by atoms with Gasteiger partial charge in [0.2, 0.25) is 17.7 Å². The van der Waals surface area contributed by atoms with E-state index in [9.17, 15) is 14.4 Å². The first-order valence-electron chi connectivity index (χ1n) is 10.8. The van der Waals surface area contributed by atoms with Crippen LogP contribution in [-0.2, 0) is 19.2 Å². The molecule has 4 heterocycles. The van der Waals surface area contributed by atoms with E-state index >= 15 is 0 Å². The summed E-state index contributed by atoms with van der Waals surface area (Å²) >= 11 is 0. The molecule has 0 bridgehead atoms. The van der Waals surface area contributed by atoms with Crippen molar-refractivity contribution in [1.29, 1.82) is 0 Å². The molecule has 4 rings (SSSR count). The number of piperidine rings is 2. The molecule has 1 aromatic heterocycles. The predicted molar refractivity (Wildman–Crippen MR) is 113 cm³/mol. The minimum absolute atomic E-state index is 0.129. The first-order chi connectivity index (χ1) is 14.9. The Kier molecular flexibility index (Phi) is 7.59. The summed E-state index contributed by atoms with van der Waals surface area (Å²) in [6.07, 6.45) is 5.50. The summed E-state index contributed by atoms with van der Waals surface area (Å²) in [6.45, 7) is 5.42. The van der Waals surface area contributed by atoms with Crippen LogP contribution in [0.5, 0.6) is 0 Å². The van der Waals surface area contributed by atoms with Gasteiger partial charge >= 0.3 is 0 Å². The van der Waals surface area contributed by atoms with Gasteiger partial charge in [0.1, 0.15) is 5.82 Å². The van der Waals surface area contributed by atoms with E-state index in [0.29, 0.717) is 24.7 Å². The number of likely N-dealkylation sites (tertiary alicyclic amines) is 1. The summed E-state index contributed by atoms with van der Waals surface area (Å²) in [7, 11) is 0. The largest absolute Gasteiger partial charge is 0.483 e. The number of imide groups is 1. The third-order valence-corrected chi connectivity index (χ3v) is 6.32. The molecule has 9 heteroatoms. The second-order valence-electron chi connectivity index (χ2n) is 8.50. The van der Waals surface area contributed by atoms with E-state index in [2.05, 4.69) is 22.1 Å². The number of rotatable bonds is 3. The number of carbonyl (C=O) groups excluding carboxylic acids is 3. The summed E-state index contributed by atoms with van der Waals surface area (Å²) < 4.78 is 0. The average Bonchev–Trinajstić information content (AvgIpc) is 3.20. The Morgan fingerprint density at radius 2 is 1.87 bits per heavy atom. The van der Waals surface area contributed by atoms with Crippen LogP contribution in [0, 0.1) is 11.8 Å². The summed E-state index contributed by atoms with van der Waals surface area (Å²) in [6, 6.07) is 3.88. The highest BCUT2D eigenvalue weighted by Crippen LogP contribution is 2.28. The molecule has 3 aliphatic rings. The van der Waals surface area contributed by atoms with Crippen molar-refractivity contribution in [3.8, 4) is 0 Å². The van der Waals surface area contributed by atoms with E-state index in [1.165, 1.54) is 0 Å². The Morgan fingerprint density at radius 3 is 2.42 bits per heavy atom. The molecule has 0 radical (unpaired) electrons. The second kappa shape index (κ2) is 10.4. The molecular formula is C22H30N4O5. The number of amides is 3. The Balaban J connectivity index is 0.000000858. The molecule has 0 saturated carbocycles. The molecule has 3 aliphatic heterocycles. The van der Waals surface area contributed by atoms with Gasteiger partial charge in [-0.2, -0.15) is 0 Å². The quantitative estimate of drug-likeness (QED) is 0.549. The molecule has 0 spiro atoms. The molecule has 2 atom stereocenters. The van der Waals surface area contributed by atoms with Gasteiger partial charge in [0.05, 0.1) is 5.92 Å². The van der Waals surface area contributed by atoms with Crippen LogP contribution in [0.2, 0.25) is 0 Å². The van der Waals surface area contributed by atoms with Crippen molar-refractivity contribution in [2.24, 2.45) is 11.8 Å². The summed E-state index contributed by atoms with van der Waals surface area (Å²) in [5, 5.41) is 9.28. The highest BCUT2D eigenvalue weighted by molar-refractivity contribution is 6.00. The molecule has 168 valence electrons. The molecule has 2 N–H and O–H groups in total. The Hall–Kier alpha value is -2.97. The Labute approximate surface area is 181 Å². The van der Waals surface area contributed by atoms with Crippen LogP contribution in [0.3, 0.4) is 0 Å². The molecular weight excluding hydrogens is 400 g/mol. The van der Waals surface area contributed by atoms with Crippen LogP contribution in [0.15, 0.2) is 18.3 Å². The van der Waals surface area contributed by atoms with Crippen LogP contribution in [0.25, 0.3) is 0 Å². The minimum Gasteiger partial charge on any atom is -0.483 e. The van der Waals surface area contributed by atoms with Crippen LogP contribution < -0.4 is 10.2 Å². The predicted octanol–water partition coefficient (Wildman–Crippen LogP) is 1.39. The average molecular weight is 431 g/mol. The van der Waals surface area contributed by atoms with Crippen LogP contribution in [0.4, 0.5) is 5.82 Å². The molecule has 3 amide bonds. The second-order valence-corrected chi connectivity index (χ2v) is 8.50. The van der Waals surface area contributed by atoms with Crippen molar-refractivity contribution >= 4 is 30.0 Å². The molecule has 0 aromatic carbocycles. The Morgan fingerprint density at radius 1 is 1.16 bits per heavy atom. The van der Waals surface area contributed by atoms with Crippen molar-refractivity contribution in [3.05, 3.63) is 23.9 Å². The molecule has 3 fully saturated rings. The maximum Gasteiger partial charge on any atom is 0.290 e. The lowest BCUT2D eigenvalue weighted by Gasteiger charge is -2.34. The topological polar surface area (TPSA) is 120 Å². The van der Waals surface area contributed by atoms with E-state index in [1.54, 1.807) is 6.20 Å². The van der Waals surface area contributed by atoms with Gasteiger partial charge in [0.15, 0.2) is 0 Å². The number of aromatic nitrogens is 1. The summed E-state index contributed by atoms with van der Waals surface area (Å²) in [5.74, 6) is 1.22. The van der Waals surface area contributed by atoms with Crippen LogP contribution >= 0.6 is 0 Å². The fourth-order valence-corrected chi connectivity index (χ4v) is 4.55. The SMILES string of the molecule is CC1CCN(C(=O)C2CCN(c3ccc(C4CCC(=O)NC4=O)cn3)CC2)C1.O=CO. The Bertz CT molecular complexity index is 805. The number of hydrogen-bond acceptors (Lipinski definition) is 6. The van der Waals surface area contributed by atoms with Crippen molar-refractivity contribution < 1.29 is 24.3 Å². The number of carboxylic acid groups (broad SMARTS) is 1. The lowest BCUT2D eigenvalue weighted by Crippen LogP contribution is -2.42. The van der Waals surface area contributed by atoms with Gasteiger partial charge in [-0.05, 0) is 43.2 Å². The normalized spacial score (nSPS) is 24.3. The first-order valence-corrected chi connectivity index (χ1v) is 10.8. The van der Waals surface area contributed by atoms with Crippen LogP contribution in [0.1, 0.15) is 50.5 Å². The molecule has 3 saturated heterocycles. The highest BCUT2D eigenvalue weighted by Gasteiger charge is 2.32. The zero-order chi connectivity index (χ0) is 22.4. The molecule has 1 aromatic rings. The van der Waals surface area contributed by atoms with Crippen molar-refractivity contribution in [1.82, 2.24) is 15.2 Å². The molecule has 31 heavy (non-hydrogen) atoms. The van der Waals surface area contributed by atoms with Crippen LogP contribution in [-0.4, -0.2) is 65.4 Å². The van der Waals surface area contributed by atoms with Crippen molar-refractivity contribution in [2.75, 3.05) is 31.1 Å². The number of anilines is 1. The molecule has 0 aliphatic carbocycles. The lowest BCUT2D eigenvalue weighted by atomic mass is 9.91. The third kappa shape index (κ3) is 5.59. The van der Waals surface area contributed by atoms with Gasteiger partial charge in [0, 0.05) is 44.7 Å². The van der Waals surface area contributed by atoms with Crippen molar-refractivity contribution in [2.45, 2.75) is 44.9 Å². The first kappa shape index (κ1) is 22.7. The number of carbonyl (C=O) groups is 4. The summed E-state index contributed by atoms with van der Waals surface area (Å²) in [4.78, 5) is 53.2. The lowest BCUT2D eigenvalue weighted by molar-refractivity contribution is -0.135. The zero-order valence-corrected chi connectivity index (χ0v) is 17.8. The summed E-state index contributed by atoms with van der Waals surface area (Å²) in [5.41, 5.74) is 0.849. The zero-order valence-electron chi connectivity index (χ0n) is 17.8. The maximum atomic E-state index is 12.7. The fourth-order valence-electron chi connectivity index (χ4n) is 4.55. The van der Waals surface area contributed by atoms with E-state index in [1.807, 2.05) is 17.0 Å². The van der Waals surface area contributed by atoms with Crippen molar-refractivity contribution in [3.63, 3.8) is 0 Å². The molecule has 2 unspecified atom stereocenters. The molecule has 9 nitrogen and oxygen atoms in total. The smallest absolute Gasteiger partial charge is 0.290 e. The number of nitrogens with zero attached hydrogens (tertiary/aromatic N) is 3. The van der Waals surface area contributed by atoms with Gasteiger partial charge < -0.3 is 14.9 Å². The van der Waals surface area contributed by atoms with Gasteiger partial charge in [0.25, 0.3) is 6.47 Å². The fraction of sp³-hybridized carbons (Fsp3) is 0.591. The number of nitrogens with one attached hydrogen (secondary N) is 1. The van der Waals surface area contributed by atoms with Gasteiger partial charge in [-0.15, -0.1) is 0 Å². The number of hydrogen-bond donors (Lipinski definition) is 2. The van der Waals surface area contributed by atoms with E-state index < -0.39 is 0 Å². The monoisotopic (exact) mass is 430 g/mol. The van der Waals surface area contributed by atoms with E-state index in [0.717, 1.165) is 56.8 Å². The van der Waals surface area contributed by atoms with E-state index in [4.69, 9.17) is 9.90 Å². The maximum absolute atomic E-state index is 12.7. The van der Waals surface area contributed by atoms with Gasteiger partial charge in [-0.1, -0.05) is 13.0 Å². The minimum atomic E-state index is -0.300. The van der Waals surface area contributed by atoms with Gasteiger partial charge in [-0.25, -0.2) is 4.98 Å². The number of pyridine rings is 1. The third-order valence-electron chi connectivity index (χ3n) is 6.32.